The highest BCUT2D eigenvalue weighted by Crippen LogP contribution is 2.49. The minimum absolute atomic E-state index is 0.859. The molecular weight excluding hydrogens is 224 g/mol. The van der Waals surface area contributed by atoms with Crippen molar-refractivity contribution in [2.45, 2.75) is 25.7 Å². The second-order valence-electron chi connectivity index (χ2n) is 5.61. The summed E-state index contributed by atoms with van der Waals surface area (Å²) in [6.45, 7) is 3.08. The van der Waals surface area contributed by atoms with E-state index in [9.17, 15) is 0 Å². The molecule has 18 heavy (non-hydrogen) atoms. The molecule has 1 aliphatic heterocycles. The van der Waals surface area contributed by atoms with Gasteiger partial charge in [0.1, 0.15) is 0 Å². The highest BCUT2D eigenvalue weighted by Gasteiger charge is 2.42. The summed E-state index contributed by atoms with van der Waals surface area (Å²) in [5.74, 6) is 3.71. The Kier molecular flexibility index (Phi) is 3.46. The van der Waals surface area contributed by atoms with Crippen molar-refractivity contribution in [1.82, 2.24) is 9.97 Å². The van der Waals surface area contributed by atoms with E-state index in [4.69, 9.17) is 5.73 Å². The minimum atomic E-state index is 0.859. The van der Waals surface area contributed by atoms with Crippen molar-refractivity contribution in [2.75, 3.05) is 24.5 Å². The summed E-state index contributed by atoms with van der Waals surface area (Å²) in [6.07, 6.45) is 8.89. The first kappa shape index (κ1) is 11.9. The van der Waals surface area contributed by atoms with E-state index in [0.29, 0.717) is 0 Å². The van der Waals surface area contributed by atoms with Crippen molar-refractivity contribution in [3.05, 3.63) is 18.5 Å². The van der Waals surface area contributed by atoms with Crippen LogP contribution in [0.4, 0.5) is 5.95 Å². The molecule has 1 saturated heterocycles. The van der Waals surface area contributed by atoms with Crippen LogP contribution in [0.25, 0.3) is 0 Å². The van der Waals surface area contributed by atoms with Crippen molar-refractivity contribution in [2.24, 2.45) is 23.5 Å². The zero-order chi connectivity index (χ0) is 12.4. The molecule has 0 aromatic carbocycles. The molecule has 98 valence electrons. The smallest absolute Gasteiger partial charge is 0.225 e. The second-order valence-corrected chi connectivity index (χ2v) is 5.61. The topological polar surface area (TPSA) is 55.0 Å². The Morgan fingerprint density at radius 3 is 2.61 bits per heavy atom. The molecule has 4 heteroatoms. The number of hydrogen-bond acceptors (Lipinski definition) is 4. The van der Waals surface area contributed by atoms with E-state index >= 15 is 0 Å². The van der Waals surface area contributed by atoms with Crippen LogP contribution in [0.3, 0.4) is 0 Å². The molecule has 0 bridgehead atoms. The van der Waals surface area contributed by atoms with Crippen LogP contribution < -0.4 is 10.6 Å². The Morgan fingerprint density at radius 1 is 1.22 bits per heavy atom. The first-order valence-electron chi connectivity index (χ1n) is 7.10. The summed E-state index contributed by atoms with van der Waals surface area (Å²) in [7, 11) is 0. The Morgan fingerprint density at radius 2 is 1.94 bits per heavy atom. The number of anilines is 1. The number of rotatable bonds is 4. The Labute approximate surface area is 109 Å². The molecule has 1 saturated carbocycles. The number of nitrogens with zero attached hydrogens (tertiary/aromatic N) is 3. The van der Waals surface area contributed by atoms with Gasteiger partial charge in [0.15, 0.2) is 0 Å². The van der Waals surface area contributed by atoms with E-state index in [1.807, 2.05) is 18.5 Å². The van der Waals surface area contributed by atoms with Crippen LogP contribution >= 0.6 is 0 Å². The average molecular weight is 246 g/mol. The molecule has 0 radical (unpaired) electrons. The van der Waals surface area contributed by atoms with Crippen LogP contribution in [0.5, 0.6) is 0 Å². The van der Waals surface area contributed by atoms with Crippen molar-refractivity contribution in [3.63, 3.8) is 0 Å². The third-order valence-electron chi connectivity index (χ3n) is 4.49. The van der Waals surface area contributed by atoms with Gasteiger partial charge in [0.25, 0.3) is 0 Å². The normalized spacial score (nSPS) is 28.4. The molecule has 2 atom stereocenters. The van der Waals surface area contributed by atoms with Crippen molar-refractivity contribution >= 4 is 5.95 Å². The van der Waals surface area contributed by atoms with Gasteiger partial charge in [0.05, 0.1) is 0 Å². The lowest BCUT2D eigenvalue weighted by atomic mass is 9.90. The van der Waals surface area contributed by atoms with E-state index in [1.54, 1.807) is 0 Å². The first-order chi connectivity index (χ1) is 8.88. The molecule has 3 rings (SSSR count). The Balaban J connectivity index is 1.50. The zero-order valence-electron chi connectivity index (χ0n) is 10.8. The van der Waals surface area contributed by atoms with Crippen molar-refractivity contribution in [1.29, 1.82) is 0 Å². The predicted octanol–water partition coefficient (Wildman–Crippen LogP) is 1.68. The van der Waals surface area contributed by atoms with Crippen LogP contribution in [0.15, 0.2) is 18.5 Å². The molecule has 2 fully saturated rings. The standard InChI is InChI=1S/C14H22N4/c15-5-2-12-10-13(12)11-3-8-18(9-4-11)14-16-6-1-7-17-14/h1,6-7,11-13H,2-5,8-10,15H2. The largest absolute Gasteiger partial charge is 0.341 e. The molecule has 1 aromatic heterocycles. The number of nitrogens with two attached hydrogens (primary N) is 1. The van der Waals surface area contributed by atoms with Gasteiger partial charge in [0.2, 0.25) is 5.95 Å². The summed E-state index contributed by atoms with van der Waals surface area (Å²) in [4.78, 5) is 11.0. The monoisotopic (exact) mass is 246 g/mol. The predicted molar refractivity (Wildman–Crippen MR) is 72.2 cm³/mol. The van der Waals surface area contributed by atoms with E-state index in [1.165, 1.54) is 25.7 Å². The number of hydrogen-bond donors (Lipinski definition) is 1. The minimum Gasteiger partial charge on any atom is -0.341 e. The number of piperidine rings is 1. The molecule has 1 aliphatic carbocycles. The quantitative estimate of drug-likeness (QED) is 0.878. The fourth-order valence-corrected chi connectivity index (χ4v) is 3.38. The summed E-state index contributed by atoms with van der Waals surface area (Å²) >= 11 is 0. The second kappa shape index (κ2) is 5.22. The van der Waals surface area contributed by atoms with Gasteiger partial charge in [-0.1, -0.05) is 0 Å². The van der Waals surface area contributed by atoms with Crippen LogP contribution in [-0.4, -0.2) is 29.6 Å². The molecule has 0 amide bonds. The van der Waals surface area contributed by atoms with Crippen molar-refractivity contribution < 1.29 is 0 Å². The molecule has 2 aliphatic rings. The van der Waals surface area contributed by atoms with Gasteiger partial charge in [-0.15, -0.1) is 0 Å². The van der Waals surface area contributed by atoms with Crippen LogP contribution in [-0.2, 0) is 0 Å². The van der Waals surface area contributed by atoms with Crippen molar-refractivity contribution in [3.8, 4) is 0 Å². The fourth-order valence-electron chi connectivity index (χ4n) is 3.38. The number of aromatic nitrogens is 2. The zero-order valence-corrected chi connectivity index (χ0v) is 10.8. The molecular formula is C14H22N4. The van der Waals surface area contributed by atoms with Crippen LogP contribution in [0.2, 0.25) is 0 Å². The molecule has 2 unspecified atom stereocenters. The fraction of sp³-hybridized carbons (Fsp3) is 0.714. The van der Waals surface area contributed by atoms with Gasteiger partial charge in [-0.25, -0.2) is 9.97 Å². The lowest BCUT2D eigenvalue weighted by molar-refractivity contribution is 0.342. The van der Waals surface area contributed by atoms with Gasteiger partial charge in [0, 0.05) is 25.5 Å². The summed E-state index contributed by atoms with van der Waals surface area (Å²) < 4.78 is 0. The van der Waals surface area contributed by atoms with E-state index in [-0.39, 0.29) is 0 Å². The first-order valence-corrected chi connectivity index (χ1v) is 7.10. The van der Waals surface area contributed by atoms with Gasteiger partial charge in [-0.05, 0) is 56.0 Å². The highest BCUT2D eigenvalue weighted by molar-refractivity contribution is 5.29. The highest BCUT2D eigenvalue weighted by atomic mass is 15.2. The molecule has 1 aromatic rings. The molecule has 0 spiro atoms. The van der Waals surface area contributed by atoms with E-state index < -0.39 is 0 Å². The average Bonchev–Trinajstić information content (AvgIpc) is 3.20. The molecule has 2 N–H and O–H groups in total. The lowest BCUT2D eigenvalue weighted by Crippen LogP contribution is -2.35. The molecule has 2 heterocycles. The van der Waals surface area contributed by atoms with Crippen LogP contribution in [0.1, 0.15) is 25.7 Å². The van der Waals surface area contributed by atoms with E-state index in [0.717, 1.165) is 43.3 Å². The Bertz CT molecular complexity index is 373. The molecule has 4 nitrogen and oxygen atoms in total. The van der Waals surface area contributed by atoms with Gasteiger partial charge < -0.3 is 10.6 Å². The third-order valence-corrected chi connectivity index (χ3v) is 4.49. The maximum Gasteiger partial charge on any atom is 0.225 e. The summed E-state index contributed by atoms with van der Waals surface area (Å²) in [5.41, 5.74) is 5.63. The summed E-state index contributed by atoms with van der Waals surface area (Å²) in [5, 5.41) is 0. The summed E-state index contributed by atoms with van der Waals surface area (Å²) in [6, 6.07) is 1.87. The van der Waals surface area contributed by atoms with Crippen LogP contribution in [0, 0.1) is 17.8 Å². The van der Waals surface area contributed by atoms with Gasteiger partial charge in [-0.2, -0.15) is 0 Å². The maximum atomic E-state index is 5.63. The Hall–Kier alpha value is -1.16. The SMILES string of the molecule is NCCC1CC1C1CCN(c2ncccn2)CC1. The van der Waals surface area contributed by atoms with Gasteiger partial charge >= 0.3 is 0 Å². The lowest BCUT2D eigenvalue weighted by Gasteiger charge is -2.32. The third kappa shape index (κ3) is 2.48. The van der Waals surface area contributed by atoms with E-state index in [2.05, 4.69) is 14.9 Å². The van der Waals surface area contributed by atoms with Gasteiger partial charge in [-0.3, -0.25) is 0 Å². The maximum absolute atomic E-state index is 5.63.